The lowest BCUT2D eigenvalue weighted by molar-refractivity contribution is 0.356. The van der Waals surface area contributed by atoms with E-state index < -0.39 is 10.2 Å². The number of nitrogens with two attached hydrogens (primary N) is 1. The quantitative estimate of drug-likeness (QED) is 0.682. The topological polar surface area (TPSA) is 131 Å². The number of hydrogen-bond acceptors (Lipinski definition) is 7. The fourth-order valence-electron chi connectivity index (χ4n) is 4.01. The van der Waals surface area contributed by atoms with Crippen molar-refractivity contribution in [3.63, 3.8) is 0 Å². The molecule has 10 heteroatoms. The van der Waals surface area contributed by atoms with Gasteiger partial charge in [0.1, 0.15) is 6.07 Å². The molecule has 1 aromatic carbocycles. The summed E-state index contributed by atoms with van der Waals surface area (Å²) in [6, 6.07) is 5.96. The molecule has 0 spiro atoms. The third kappa shape index (κ3) is 5.11. The first-order chi connectivity index (χ1) is 14.4. The largest absolute Gasteiger partial charge is 0.493 e. The molecule has 1 aliphatic rings. The Bertz CT molecular complexity index is 1050. The molecule has 0 bridgehead atoms. The molecule has 0 amide bonds. The number of ether oxygens (including phenoxy) is 2. The van der Waals surface area contributed by atoms with E-state index in [4.69, 9.17) is 14.6 Å². The molecule has 162 valence electrons. The van der Waals surface area contributed by atoms with Gasteiger partial charge < -0.3 is 14.4 Å². The van der Waals surface area contributed by atoms with Crippen molar-refractivity contribution in [1.82, 2.24) is 9.71 Å². The van der Waals surface area contributed by atoms with Crippen LogP contribution < -0.4 is 24.2 Å². The van der Waals surface area contributed by atoms with Crippen molar-refractivity contribution in [2.75, 3.05) is 38.8 Å². The van der Waals surface area contributed by atoms with Crippen LogP contribution in [0.5, 0.6) is 11.5 Å². The van der Waals surface area contributed by atoms with Gasteiger partial charge in [0.05, 0.1) is 31.0 Å². The molecule has 9 nitrogen and oxygen atoms in total. The number of fused-ring (bicyclic) bond motifs is 1. The minimum Gasteiger partial charge on any atom is -0.493 e. The normalized spacial score (nSPS) is 17.4. The average molecular weight is 434 g/mol. The Morgan fingerprint density at radius 1 is 1.27 bits per heavy atom. The molecular formula is C20H27N5O4S. The van der Waals surface area contributed by atoms with Crippen molar-refractivity contribution in [2.24, 2.45) is 11.1 Å². The first-order valence-electron chi connectivity index (χ1n) is 9.83. The molecule has 3 N–H and O–H groups in total. The van der Waals surface area contributed by atoms with Crippen LogP contribution in [-0.4, -0.2) is 47.3 Å². The van der Waals surface area contributed by atoms with Crippen LogP contribution in [0.1, 0.15) is 31.2 Å². The molecule has 3 rings (SSSR count). The third-order valence-electron chi connectivity index (χ3n) is 5.49. The Morgan fingerprint density at radius 2 is 2.00 bits per heavy atom. The monoisotopic (exact) mass is 433 g/mol. The second-order valence-corrected chi connectivity index (χ2v) is 8.75. The number of benzene rings is 1. The maximum Gasteiger partial charge on any atom is 0.274 e. The van der Waals surface area contributed by atoms with E-state index in [2.05, 4.69) is 20.7 Å². The van der Waals surface area contributed by atoms with Gasteiger partial charge in [-0.2, -0.15) is 13.7 Å². The summed E-state index contributed by atoms with van der Waals surface area (Å²) in [5.74, 6) is 1.56. The van der Waals surface area contributed by atoms with Gasteiger partial charge in [0.25, 0.3) is 10.2 Å². The highest BCUT2D eigenvalue weighted by Crippen LogP contribution is 2.38. The lowest BCUT2D eigenvalue weighted by Crippen LogP contribution is -2.32. The van der Waals surface area contributed by atoms with E-state index in [9.17, 15) is 13.7 Å². The number of methoxy groups -OCH3 is 2. The molecule has 30 heavy (non-hydrogen) atoms. The SMILES string of the molecule is COc1cc2ncc(C#N)c(N3CCCC(CCNS(N)(=O)=O)CC3)c2cc1OC. The van der Waals surface area contributed by atoms with Crippen molar-refractivity contribution < 1.29 is 17.9 Å². The van der Waals surface area contributed by atoms with Gasteiger partial charge in [-0.25, -0.2) is 9.86 Å². The van der Waals surface area contributed by atoms with Crippen LogP contribution in [0.15, 0.2) is 18.3 Å². The highest BCUT2D eigenvalue weighted by molar-refractivity contribution is 7.87. The molecule has 2 aromatic rings. The minimum atomic E-state index is -3.66. The fraction of sp³-hybridized carbons (Fsp3) is 0.500. The molecule has 0 radical (unpaired) electrons. The summed E-state index contributed by atoms with van der Waals surface area (Å²) in [5, 5.41) is 15.6. The summed E-state index contributed by atoms with van der Waals surface area (Å²) in [6.45, 7) is 1.91. The summed E-state index contributed by atoms with van der Waals surface area (Å²) in [5.41, 5.74) is 2.11. The Kier molecular flexibility index (Phi) is 6.97. The zero-order valence-electron chi connectivity index (χ0n) is 17.2. The molecular weight excluding hydrogens is 406 g/mol. The number of hydrogen-bond donors (Lipinski definition) is 2. The van der Waals surface area contributed by atoms with Crippen molar-refractivity contribution in [2.45, 2.75) is 25.7 Å². The Morgan fingerprint density at radius 3 is 2.67 bits per heavy atom. The summed E-state index contributed by atoms with van der Waals surface area (Å²) in [6.07, 6.45) is 5.17. The van der Waals surface area contributed by atoms with Crippen LogP contribution in [0.2, 0.25) is 0 Å². The van der Waals surface area contributed by atoms with Gasteiger partial charge in [-0.3, -0.25) is 4.98 Å². The predicted octanol–water partition coefficient (Wildman–Crippen LogP) is 1.91. The smallest absolute Gasteiger partial charge is 0.274 e. The van der Waals surface area contributed by atoms with Crippen LogP contribution >= 0.6 is 0 Å². The number of nitrogens with zero attached hydrogens (tertiary/aromatic N) is 3. The average Bonchev–Trinajstić information content (AvgIpc) is 2.96. The summed E-state index contributed by atoms with van der Waals surface area (Å²) in [4.78, 5) is 6.66. The molecule has 1 aromatic heterocycles. The number of pyridine rings is 1. The van der Waals surface area contributed by atoms with Crippen LogP contribution in [0.4, 0.5) is 5.69 Å². The van der Waals surface area contributed by atoms with Gasteiger partial charge in [-0.15, -0.1) is 0 Å². The molecule has 2 heterocycles. The van der Waals surface area contributed by atoms with Crippen molar-refractivity contribution in [1.29, 1.82) is 5.26 Å². The highest BCUT2D eigenvalue weighted by Gasteiger charge is 2.22. The van der Waals surface area contributed by atoms with Crippen molar-refractivity contribution in [3.05, 3.63) is 23.9 Å². The van der Waals surface area contributed by atoms with Crippen molar-refractivity contribution >= 4 is 26.8 Å². The summed E-state index contributed by atoms with van der Waals surface area (Å²) in [7, 11) is -0.501. The second kappa shape index (κ2) is 9.47. The molecule has 0 saturated carbocycles. The van der Waals surface area contributed by atoms with Gasteiger partial charge in [-0.05, 0) is 37.7 Å². The molecule has 1 saturated heterocycles. The van der Waals surface area contributed by atoms with E-state index in [1.54, 1.807) is 20.4 Å². The molecule has 1 unspecified atom stereocenters. The lowest BCUT2D eigenvalue weighted by Gasteiger charge is -2.26. The Hall–Kier alpha value is -2.61. The fourth-order valence-corrected chi connectivity index (χ4v) is 4.41. The standard InChI is InChI=1S/C20H27N5O4S/c1-28-18-10-16-17(11-19(18)29-2)23-13-15(12-21)20(16)25-8-3-4-14(6-9-25)5-7-24-30(22,26)27/h10-11,13-14,24H,3-9H2,1-2H3,(H2,22,26,27). The molecule has 1 fully saturated rings. The summed E-state index contributed by atoms with van der Waals surface area (Å²) >= 11 is 0. The Labute approximate surface area is 177 Å². The third-order valence-corrected chi connectivity index (χ3v) is 6.09. The van der Waals surface area contributed by atoms with Crippen LogP contribution in [0.3, 0.4) is 0 Å². The number of aromatic nitrogens is 1. The maximum absolute atomic E-state index is 11.1. The van der Waals surface area contributed by atoms with Gasteiger partial charge in [0.2, 0.25) is 0 Å². The first-order valence-corrected chi connectivity index (χ1v) is 11.4. The van der Waals surface area contributed by atoms with Crippen LogP contribution in [0.25, 0.3) is 10.9 Å². The number of nitriles is 1. The second-order valence-electron chi connectivity index (χ2n) is 7.37. The van der Waals surface area contributed by atoms with E-state index in [0.717, 1.165) is 55.4 Å². The molecule has 1 aliphatic heterocycles. The first kappa shape index (κ1) is 22.1. The van der Waals surface area contributed by atoms with Gasteiger partial charge >= 0.3 is 0 Å². The molecule has 1 atom stereocenters. The zero-order valence-corrected chi connectivity index (χ0v) is 18.0. The molecule has 0 aliphatic carbocycles. The van der Waals surface area contributed by atoms with Gasteiger partial charge in [0.15, 0.2) is 11.5 Å². The van der Waals surface area contributed by atoms with E-state index in [1.807, 2.05) is 12.1 Å². The number of nitrogens with one attached hydrogen (secondary N) is 1. The number of rotatable bonds is 7. The van der Waals surface area contributed by atoms with Crippen molar-refractivity contribution in [3.8, 4) is 17.6 Å². The van der Waals surface area contributed by atoms with E-state index in [0.29, 0.717) is 29.5 Å². The van der Waals surface area contributed by atoms with Gasteiger partial charge in [0, 0.05) is 37.3 Å². The minimum absolute atomic E-state index is 0.335. The maximum atomic E-state index is 11.1. The van der Waals surface area contributed by atoms with E-state index in [-0.39, 0.29) is 0 Å². The number of anilines is 1. The lowest BCUT2D eigenvalue weighted by atomic mass is 9.97. The predicted molar refractivity (Wildman–Crippen MR) is 115 cm³/mol. The van der Waals surface area contributed by atoms with E-state index >= 15 is 0 Å². The zero-order chi connectivity index (χ0) is 21.7. The van der Waals surface area contributed by atoms with Crippen LogP contribution in [0, 0.1) is 17.2 Å². The van der Waals surface area contributed by atoms with Gasteiger partial charge in [-0.1, -0.05) is 0 Å². The Balaban J connectivity index is 1.87. The highest BCUT2D eigenvalue weighted by atomic mass is 32.2. The summed E-state index contributed by atoms with van der Waals surface area (Å²) < 4.78 is 35.3. The van der Waals surface area contributed by atoms with Crippen LogP contribution in [-0.2, 0) is 10.2 Å². The van der Waals surface area contributed by atoms with E-state index in [1.165, 1.54) is 0 Å².